The second-order valence-corrected chi connectivity index (χ2v) is 5.45. The second kappa shape index (κ2) is 5.54. The lowest BCUT2D eigenvalue weighted by Gasteiger charge is -2.05. The Hall–Kier alpha value is -1.02. The number of thioether (sulfide) groups is 1. The van der Waals surface area contributed by atoms with Gasteiger partial charge in [-0.25, -0.2) is 4.39 Å². The van der Waals surface area contributed by atoms with E-state index in [-0.39, 0.29) is 5.82 Å². The Morgan fingerprint density at radius 2 is 2.00 bits per heavy atom. The van der Waals surface area contributed by atoms with Crippen molar-refractivity contribution in [3.05, 3.63) is 41.7 Å². The summed E-state index contributed by atoms with van der Waals surface area (Å²) in [6, 6.07) is 9.84. The van der Waals surface area contributed by atoms with Crippen molar-refractivity contribution in [3.8, 4) is 0 Å². The minimum atomic E-state index is -0.0902. The van der Waals surface area contributed by atoms with Crippen molar-refractivity contribution < 1.29 is 4.39 Å². The highest BCUT2D eigenvalue weighted by Crippen LogP contribution is 2.27. The minimum Gasteiger partial charge on any atom is -0.206 e. The van der Waals surface area contributed by atoms with Crippen LogP contribution in [0.2, 0.25) is 0 Å². The fourth-order valence-electron chi connectivity index (χ4n) is 1.80. The third kappa shape index (κ3) is 2.81. The van der Waals surface area contributed by atoms with Gasteiger partial charge < -0.3 is 0 Å². The first-order valence-electron chi connectivity index (χ1n) is 6.04. The highest BCUT2D eigenvalue weighted by atomic mass is 32.2. The first-order valence-corrected chi connectivity index (χ1v) is 7.02. The van der Waals surface area contributed by atoms with Gasteiger partial charge in [-0.1, -0.05) is 31.5 Å². The standard InChI is InChI=1S/C15H17FS/c1-3-4-9-17-13-7-8-14-12(10-13)6-5-11(2)15(14)16/h5-8,10H,3-4,9H2,1-2H3. The Kier molecular flexibility index (Phi) is 4.06. The van der Waals surface area contributed by atoms with Gasteiger partial charge in [-0.05, 0) is 42.2 Å². The zero-order valence-corrected chi connectivity index (χ0v) is 11.1. The van der Waals surface area contributed by atoms with Crippen molar-refractivity contribution >= 4 is 22.5 Å². The van der Waals surface area contributed by atoms with Gasteiger partial charge in [-0.2, -0.15) is 0 Å². The topological polar surface area (TPSA) is 0 Å². The molecule has 0 N–H and O–H groups in total. The third-order valence-corrected chi connectivity index (χ3v) is 3.97. The van der Waals surface area contributed by atoms with Gasteiger partial charge in [-0.3, -0.25) is 0 Å². The van der Waals surface area contributed by atoms with Gasteiger partial charge in [0.2, 0.25) is 0 Å². The molecule has 0 aliphatic carbocycles. The Bertz CT molecular complexity index is 520. The molecule has 0 spiro atoms. The smallest absolute Gasteiger partial charge is 0.133 e. The Morgan fingerprint density at radius 1 is 1.18 bits per heavy atom. The van der Waals surface area contributed by atoms with E-state index in [0.717, 1.165) is 16.5 Å². The highest BCUT2D eigenvalue weighted by Gasteiger charge is 2.04. The monoisotopic (exact) mass is 248 g/mol. The van der Waals surface area contributed by atoms with Crippen molar-refractivity contribution in [3.63, 3.8) is 0 Å². The van der Waals surface area contributed by atoms with Crippen LogP contribution in [0.4, 0.5) is 4.39 Å². The van der Waals surface area contributed by atoms with Crippen LogP contribution in [0, 0.1) is 12.7 Å². The zero-order valence-electron chi connectivity index (χ0n) is 10.3. The van der Waals surface area contributed by atoms with Gasteiger partial charge in [0.1, 0.15) is 5.82 Å². The number of benzene rings is 2. The summed E-state index contributed by atoms with van der Waals surface area (Å²) < 4.78 is 13.8. The molecule has 2 aromatic carbocycles. The molecule has 0 saturated carbocycles. The van der Waals surface area contributed by atoms with Gasteiger partial charge in [-0.15, -0.1) is 11.8 Å². The molecule has 0 aliphatic heterocycles. The van der Waals surface area contributed by atoms with E-state index >= 15 is 0 Å². The summed E-state index contributed by atoms with van der Waals surface area (Å²) >= 11 is 1.85. The molecule has 2 rings (SSSR count). The average Bonchev–Trinajstić information content (AvgIpc) is 2.34. The van der Waals surface area contributed by atoms with E-state index in [9.17, 15) is 4.39 Å². The van der Waals surface area contributed by atoms with Gasteiger partial charge >= 0.3 is 0 Å². The first kappa shape index (κ1) is 12.4. The summed E-state index contributed by atoms with van der Waals surface area (Å²) in [5.74, 6) is 1.05. The lowest BCUT2D eigenvalue weighted by atomic mass is 10.1. The van der Waals surface area contributed by atoms with E-state index in [0.29, 0.717) is 5.56 Å². The molecule has 17 heavy (non-hydrogen) atoms. The molecule has 90 valence electrons. The van der Waals surface area contributed by atoms with E-state index in [1.54, 1.807) is 6.92 Å². The first-order chi connectivity index (χ1) is 8.22. The molecule has 0 bridgehead atoms. The summed E-state index contributed by atoms with van der Waals surface area (Å²) in [4.78, 5) is 1.23. The van der Waals surface area contributed by atoms with Gasteiger partial charge in [0.25, 0.3) is 0 Å². The van der Waals surface area contributed by atoms with Crippen LogP contribution in [-0.2, 0) is 0 Å². The van der Waals surface area contributed by atoms with Crippen molar-refractivity contribution in [2.24, 2.45) is 0 Å². The summed E-state index contributed by atoms with van der Waals surface area (Å²) in [5.41, 5.74) is 0.712. The largest absolute Gasteiger partial charge is 0.206 e. The van der Waals surface area contributed by atoms with Crippen molar-refractivity contribution in [1.29, 1.82) is 0 Å². The van der Waals surface area contributed by atoms with Crippen molar-refractivity contribution in [2.75, 3.05) is 5.75 Å². The number of aryl methyl sites for hydroxylation is 1. The number of hydrogen-bond donors (Lipinski definition) is 0. The molecular formula is C15H17FS. The lowest BCUT2D eigenvalue weighted by Crippen LogP contribution is -1.85. The van der Waals surface area contributed by atoms with Gasteiger partial charge in [0.05, 0.1) is 0 Å². The Morgan fingerprint density at radius 3 is 2.76 bits per heavy atom. The van der Waals surface area contributed by atoms with Crippen LogP contribution in [0.1, 0.15) is 25.3 Å². The molecule has 0 atom stereocenters. The summed E-state index contributed by atoms with van der Waals surface area (Å²) in [5, 5.41) is 1.72. The van der Waals surface area contributed by atoms with E-state index in [1.165, 1.54) is 17.7 Å². The normalized spacial score (nSPS) is 11.0. The number of hydrogen-bond acceptors (Lipinski definition) is 1. The molecule has 0 radical (unpaired) electrons. The molecule has 0 unspecified atom stereocenters. The van der Waals surface area contributed by atoms with Crippen molar-refractivity contribution in [2.45, 2.75) is 31.6 Å². The summed E-state index contributed by atoms with van der Waals surface area (Å²) in [6.45, 7) is 4.00. The molecule has 0 nitrogen and oxygen atoms in total. The van der Waals surface area contributed by atoms with Crippen LogP contribution in [0.15, 0.2) is 35.2 Å². The molecule has 2 heteroatoms. The Labute approximate surface area is 106 Å². The molecule has 0 aromatic heterocycles. The van der Waals surface area contributed by atoms with E-state index in [1.807, 2.05) is 36.0 Å². The predicted octanol–water partition coefficient (Wildman–Crippen LogP) is 5.18. The maximum Gasteiger partial charge on any atom is 0.133 e. The van der Waals surface area contributed by atoms with Crippen LogP contribution < -0.4 is 0 Å². The van der Waals surface area contributed by atoms with Gasteiger partial charge in [0, 0.05) is 10.3 Å². The van der Waals surface area contributed by atoms with Crippen LogP contribution in [0.25, 0.3) is 10.8 Å². The molecular weight excluding hydrogens is 231 g/mol. The van der Waals surface area contributed by atoms with Gasteiger partial charge in [0.15, 0.2) is 0 Å². The highest BCUT2D eigenvalue weighted by molar-refractivity contribution is 7.99. The second-order valence-electron chi connectivity index (χ2n) is 4.28. The average molecular weight is 248 g/mol. The molecule has 0 saturated heterocycles. The summed E-state index contributed by atoms with van der Waals surface area (Å²) in [7, 11) is 0. The third-order valence-electron chi connectivity index (χ3n) is 2.89. The van der Waals surface area contributed by atoms with Crippen molar-refractivity contribution in [1.82, 2.24) is 0 Å². The van der Waals surface area contributed by atoms with E-state index < -0.39 is 0 Å². The van der Waals surface area contributed by atoms with E-state index in [2.05, 4.69) is 13.0 Å². The number of halogens is 1. The SMILES string of the molecule is CCCCSc1ccc2c(F)c(C)ccc2c1. The quantitative estimate of drug-likeness (QED) is 0.530. The van der Waals surface area contributed by atoms with E-state index in [4.69, 9.17) is 0 Å². The number of rotatable bonds is 4. The number of unbranched alkanes of at least 4 members (excludes halogenated alkanes) is 1. The predicted molar refractivity (Wildman–Crippen MR) is 74.3 cm³/mol. The minimum absolute atomic E-state index is 0.0902. The molecule has 0 aliphatic rings. The maximum absolute atomic E-state index is 13.8. The Balaban J connectivity index is 2.29. The van der Waals surface area contributed by atoms with Crippen LogP contribution in [0.3, 0.4) is 0 Å². The fraction of sp³-hybridized carbons (Fsp3) is 0.333. The van der Waals surface area contributed by atoms with Crippen LogP contribution in [0.5, 0.6) is 0 Å². The number of fused-ring (bicyclic) bond motifs is 1. The van der Waals surface area contributed by atoms with Crippen LogP contribution in [-0.4, -0.2) is 5.75 Å². The molecule has 0 heterocycles. The molecule has 2 aromatic rings. The summed E-state index contributed by atoms with van der Waals surface area (Å²) in [6.07, 6.45) is 2.44. The molecule has 0 amide bonds. The van der Waals surface area contributed by atoms with Crippen LogP contribution >= 0.6 is 11.8 Å². The molecule has 0 fully saturated rings. The maximum atomic E-state index is 13.8. The zero-order chi connectivity index (χ0) is 12.3. The fourth-order valence-corrected chi connectivity index (χ4v) is 2.85. The lowest BCUT2D eigenvalue weighted by molar-refractivity contribution is 0.630.